The summed E-state index contributed by atoms with van der Waals surface area (Å²) in [5, 5.41) is 0. The van der Waals surface area contributed by atoms with Gasteiger partial charge in [-0.05, 0) is 49.9 Å². The molecular formula is C19H28N2O2. The van der Waals surface area contributed by atoms with Crippen molar-refractivity contribution in [2.24, 2.45) is 5.41 Å². The van der Waals surface area contributed by atoms with Crippen molar-refractivity contribution in [1.82, 2.24) is 4.90 Å². The zero-order chi connectivity index (χ0) is 16.4. The van der Waals surface area contributed by atoms with Crippen molar-refractivity contribution >= 4 is 11.6 Å². The number of carbonyl (C=O) groups excluding carboxylic acids is 1. The van der Waals surface area contributed by atoms with E-state index in [1.165, 1.54) is 19.3 Å². The molecule has 0 unspecified atom stereocenters. The number of carbonyl (C=O) groups is 1. The van der Waals surface area contributed by atoms with Crippen molar-refractivity contribution < 1.29 is 9.53 Å². The molecule has 1 saturated heterocycles. The zero-order valence-electron chi connectivity index (χ0n) is 14.5. The number of methoxy groups -OCH3 is 1. The second kappa shape index (κ2) is 6.52. The Kier molecular flexibility index (Phi) is 4.62. The minimum atomic E-state index is 0.163. The molecule has 0 radical (unpaired) electrons. The number of hydrogen-bond donors (Lipinski definition) is 0. The molecule has 1 aromatic carbocycles. The van der Waals surface area contributed by atoms with Crippen LogP contribution in [0.15, 0.2) is 24.3 Å². The lowest BCUT2D eigenvalue weighted by atomic mass is 9.76. The molecule has 1 aliphatic carbocycles. The molecule has 1 spiro atoms. The van der Waals surface area contributed by atoms with Crippen molar-refractivity contribution in [3.05, 3.63) is 29.8 Å². The summed E-state index contributed by atoms with van der Waals surface area (Å²) in [5.41, 5.74) is 2.10. The SMILES string of the molecule is CO[C@@H]1CCC[C@]12CCCN(C(=O)c1ccc(N(C)C)cc1)C2. The Labute approximate surface area is 139 Å². The van der Waals surface area contributed by atoms with Crippen LogP contribution in [0.25, 0.3) is 0 Å². The van der Waals surface area contributed by atoms with E-state index in [9.17, 15) is 4.79 Å². The highest BCUT2D eigenvalue weighted by Crippen LogP contribution is 2.46. The molecule has 2 fully saturated rings. The fraction of sp³-hybridized carbons (Fsp3) is 0.632. The number of rotatable bonds is 3. The third-order valence-corrected chi connectivity index (χ3v) is 5.63. The molecule has 2 atom stereocenters. The summed E-state index contributed by atoms with van der Waals surface area (Å²) >= 11 is 0. The standard InChI is InChI=1S/C19H28N2O2/c1-20(2)16-9-7-15(8-10-16)18(22)21-13-5-12-19(14-21)11-4-6-17(19)23-3/h7-10,17H,4-6,11-14H2,1-3H3/t17-,19-/m1/s1. The Balaban J connectivity index is 1.74. The molecule has 1 heterocycles. The molecule has 1 aromatic rings. The van der Waals surface area contributed by atoms with Crippen LogP contribution in [0.5, 0.6) is 0 Å². The Morgan fingerprint density at radius 3 is 2.57 bits per heavy atom. The smallest absolute Gasteiger partial charge is 0.253 e. The molecule has 3 rings (SSSR count). The fourth-order valence-electron chi connectivity index (χ4n) is 4.36. The van der Waals surface area contributed by atoms with Crippen molar-refractivity contribution in [2.75, 3.05) is 39.2 Å². The third-order valence-electron chi connectivity index (χ3n) is 5.63. The van der Waals surface area contributed by atoms with E-state index in [1.54, 1.807) is 0 Å². The number of anilines is 1. The van der Waals surface area contributed by atoms with Gasteiger partial charge in [-0.3, -0.25) is 4.79 Å². The normalized spacial score (nSPS) is 27.4. The number of benzene rings is 1. The van der Waals surface area contributed by atoms with Crippen LogP contribution in [-0.4, -0.2) is 51.2 Å². The molecule has 1 aliphatic heterocycles. The molecule has 1 amide bonds. The van der Waals surface area contributed by atoms with E-state index in [4.69, 9.17) is 4.74 Å². The average molecular weight is 316 g/mol. The highest BCUT2D eigenvalue weighted by atomic mass is 16.5. The topological polar surface area (TPSA) is 32.8 Å². The maximum atomic E-state index is 12.9. The first-order valence-corrected chi connectivity index (χ1v) is 8.65. The van der Waals surface area contributed by atoms with Crippen LogP contribution in [0, 0.1) is 5.41 Å². The van der Waals surface area contributed by atoms with Gasteiger partial charge in [0.25, 0.3) is 5.91 Å². The Morgan fingerprint density at radius 2 is 1.91 bits per heavy atom. The molecule has 126 valence electrons. The predicted molar refractivity (Wildman–Crippen MR) is 93.0 cm³/mol. The number of ether oxygens (including phenoxy) is 1. The molecule has 0 N–H and O–H groups in total. The van der Waals surface area contributed by atoms with Gasteiger partial charge in [0, 0.05) is 51.0 Å². The molecule has 1 saturated carbocycles. The minimum absolute atomic E-state index is 0.163. The van der Waals surface area contributed by atoms with Gasteiger partial charge in [0.05, 0.1) is 6.10 Å². The Morgan fingerprint density at radius 1 is 1.22 bits per heavy atom. The van der Waals surface area contributed by atoms with Gasteiger partial charge in [-0.15, -0.1) is 0 Å². The van der Waals surface area contributed by atoms with Gasteiger partial charge in [-0.2, -0.15) is 0 Å². The van der Waals surface area contributed by atoms with Crippen LogP contribution >= 0.6 is 0 Å². The number of nitrogens with zero attached hydrogens (tertiary/aromatic N) is 2. The summed E-state index contributed by atoms with van der Waals surface area (Å²) < 4.78 is 5.74. The van der Waals surface area contributed by atoms with Gasteiger partial charge in [0.15, 0.2) is 0 Å². The van der Waals surface area contributed by atoms with Crippen LogP contribution in [0.3, 0.4) is 0 Å². The molecule has 23 heavy (non-hydrogen) atoms. The van der Waals surface area contributed by atoms with Gasteiger partial charge in [-0.25, -0.2) is 0 Å². The van der Waals surface area contributed by atoms with E-state index in [0.29, 0.717) is 6.10 Å². The summed E-state index contributed by atoms with van der Waals surface area (Å²) in [6.45, 7) is 1.71. The largest absolute Gasteiger partial charge is 0.381 e. The summed E-state index contributed by atoms with van der Waals surface area (Å²) in [6, 6.07) is 7.92. The molecule has 4 nitrogen and oxygen atoms in total. The van der Waals surface area contributed by atoms with Gasteiger partial charge in [-0.1, -0.05) is 6.42 Å². The molecular weight excluding hydrogens is 288 g/mol. The average Bonchev–Trinajstić information content (AvgIpc) is 2.96. The van der Waals surface area contributed by atoms with Gasteiger partial charge >= 0.3 is 0 Å². The molecule has 4 heteroatoms. The van der Waals surface area contributed by atoms with Gasteiger partial charge < -0.3 is 14.5 Å². The van der Waals surface area contributed by atoms with E-state index in [1.807, 2.05) is 55.3 Å². The second-order valence-electron chi connectivity index (χ2n) is 7.25. The zero-order valence-corrected chi connectivity index (χ0v) is 14.5. The van der Waals surface area contributed by atoms with E-state index in [0.717, 1.165) is 37.2 Å². The van der Waals surface area contributed by atoms with Crippen molar-refractivity contribution in [2.45, 2.75) is 38.2 Å². The number of amides is 1. The van der Waals surface area contributed by atoms with Crippen LogP contribution in [0.4, 0.5) is 5.69 Å². The lowest BCUT2D eigenvalue weighted by Gasteiger charge is -2.43. The summed E-state index contributed by atoms with van der Waals surface area (Å²) in [4.78, 5) is 17.0. The Bertz CT molecular complexity index is 555. The lowest BCUT2D eigenvalue weighted by Crippen LogP contribution is -2.49. The highest BCUT2D eigenvalue weighted by Gasteiger charge is 2.46. The maximum absolute atomic E-state index is 12.9. The van der Waals surface area contributed by atoms with E-state index >= 15 is 0 Å². The van der Waals surface area contributed by atoms with Gasteiger partial charge in [0.1, 0.15) is 0 Å². The molecule has 0 aromatic heterocycles. The van der Waals surface area contributed by atoms with E-state index in [2.05, 4.69) is 0 Å². The fourth-order valence-corrected chi connectivity index (χ4v) is 4.36. The van der Waals surface area contributed by atoms with Crippen LogP contribution in [0.1, 0.15) is 42.5 Å². The summed E-state index contributed by atoms with van der Waals surface area (Å²) in [5.74, 6) is 0.163. The highest BCUT2D eigenvalue weighted by molar-refractivity contribution is 5.94. The van der Waals surface area contributed by atoms with Crippen LogP contribution < -0.4 is 4.90 Å². The van der Waals surface area contributed by atoms with Crippen LogP contribution in [-0.2, 0) is 4.74 Å². The third kappa shape index (κ3) is 3.09. The Hall–Kier alpha value is -1.55. The second-order valence-corrected chi connectivity index (χ2v) is 7.25. The number of piperidine rings is 1. The summed E-state index contributed by atoms with van der Waals surface area (Å²) in [7, 11) is 5.84. The molecule has 2 aliphatic rings. The number of hydrogen-bond acceptors (Lipinski definition) is 3. The van der Waals surface area contributed by atoms with E-state index < -0.39 is 0 Å². The maximum Gasteiger partial charge on any atom is 0.253 e. The first-order chi connectivity index (χ1) is 11.1. The van der Waals surface area contributed by atoms with Gasteiger partial charge in [0.2, 0.25) is 0 Å². The van der Waals surface area contributed by atoms with Crippen LogP contribution in [0.2, 0.25) is 0 Å². The molecule has 0 bridgehead atoms. The first kappa shape index (κ1) is 16.3. The predicted octanol–water partition coefficient (Wildman–Crippen LogP) is 3.17. The van der Waals surface area contributed by atoms with Crippen molar-refractivity contribution in [3.63, 3.8) is 0 Å². The van der Waals surface area contributed by atoms with Crippen molar-refractivity contribution in [1.29, 1.82) is 0 Å². The monoisotopic (exact) mass is 316 g/mol. The quantitative estimate of drug-likeness (QED) is 0.858. The lowest BCUT2D eigenvalue weighted by molar-refractivity contribution is -0.0295. The summed E-state index contributed by atoms with van der Waals surface area (Å²) in [6.07, 6.45) is 6.13. The number of likely N-dealkylation sites (tertiary alicyclic amines) is 1. The first-order valence-electron chi connectivity index (χ1n) is 8.65. The minimum Gasteiger partial charge on any atom is -0.381 e. The van der Waals surface area contributed by atoms with E-state index in [-0.39, 0.29) is 11.3 Å². The van der Waals surface area contributed by atoms with Crippen molar-refractivity contribution in [3.8, 4) is 0 Å².